The van der Waals surface area contributed by atoms with Crippen molar-refractivity contribution >= 4 is 10.4 Å². The Morgan fingerprint density at radius 3 is 2.12 bits per heavy atom. The summed E-state index contributed by atoms with van der Waals surface area (Å²) in [4.78, 5) is 0. The van der Waals surface area contributed by atoms with E-state index in [-0.39, 0.29) is 6.61 Å². The van der Waals surface area contributed by atoms with E-state index in [1.165, 1.54) is 19.3 Å². The summed E-state index contributed by atoms with van der Waals surface area (Å²) in [7, 11) is -4.25. The first-order valence-electron chi connectivity index (χ1n) is 5.93. The van der Waals surface area contributed by atoms with E-state index in [4.69, 9.17) is 4.55 Å². The third-order valence-corrected chi connectivity index (χ3v) is 3.02. The van der Waals surface area contributed by atoms with Gasteiger partial charge in [0.15, 0.2) is 0 Å². The van der Waals surface area contributed by atoms with Crippen molar-refractivity contribution in [3.63, 3.8) is 0 Å². The monoisotopic (exact) mass is 252 g/mol. The maximum atomic E-state index is 10.3. The molecule has 1 atom stereocenters. The molecule has 0 aromatic heterocycles. The molecule has 0 saturated carbocycles. The van der Waals surface area contributed by atoms with Crippen LogP contribution >= 0.6 is 0 Å². The Hall–Kier alpha value is -0.130. The van der Waals surface area contributed by atoms with Gasteiger partial charge in [0.25, 0.3) is 0 Å². The van der Waals surface area contributed by atoms with Crippen LogP contribution in [-0.2, 0) is 14.6 Å². The van der Waals surface area contributed by atoms with Crippen molar-refractivity contribution in [2.75, 3.05) is 6.61 Å². The van der Waals surface area contributed by atoms with Gasteiger partial charge in [0, 0.05) is 0 Å². The molecule has 0 heterocycles. The highest BCUT2D eigenvalue weighted by atomic mass is 32.3. The van der Waals surface area contributed by atoms with Crippen LogP contribution in [0, 0.1) is 11.8 Å². The van der Waals surface area contributed by atoms with E-state index in [2.05, 4.69) is 25.0 Å². The van der Waals surface area contributed by atoms with Gasteiger partial charge in [0.2, 0.25) is 0 Å². The average Bonchev–Trinajstić information content (AvgIpc) is 2.10. The normalized spacial score (nSPS) is 14.3. The summed E-state index contributed by atoms with van der Waals surface area (Å²) >= 11 is 0. The Morgan fingerprint density at radius 2 is 1.62 bits per heavy atom. The van der Waals surface area contributed by atoms with Crippen molar-refractivity contribution in [2.45, 2.75) is 52.9 Å². The average molecular weight is 252 g/mol. The summed E-state index contributed by atoms with van der Waals surface area (Å²) in [6.07, 6.45) is 5.24. The van der Waals surface area contributed by atoms with Gasteiger partial charge in [-0.2, -0.15) is 8.42 Å². The second kappa shape index (κ2) is 8.03. The molecule has 4 nitrogen and oxygen atoms in total. The molecule has 1 N–H and O–H groups in total. The Bertz CT molecular complexity index is 259. The summed E-state index contributed by atoms with van der Waals surface area (Å²) in [5, 5.41) is 0. The van der Waals surface area contributed by atoms with Gasteiger partial charge in [-0.3, -0.25) is 4.55 Å². The maximum Gasteiger partial charge on any atom is 0.397 e. The molecule has 0 aliphatic rings. The lowest BCUT2D eigenvalue weighted by molar-refractivity contribution is 0.254. The van der Waals surface area contributed by atoms with Crippen molar-refractivity contribution in [3.05, 3.63) is 0 Å². The quantitative estimate of drug-likeness (QED) is 0.506. The second-order valence-corrected chi connectivity index (χ2v) is 5.91. The highest BCUT2D eigenvalue weighted by Crippen LogP contribution is 2.16. The molecule has 0 aromatic carbocycles. The lowest BCUT2D eigenvalue weighted by Gasteiger charge is -2.11. The SMILES string of the molecule is CC(C)CCC[C@@H](C)CCCOS(=O)(=O)O. The van der Waals surface area contributed by atoms with Crippen LogP contribution in [0.1, 0.15) is 52.9 Å². The van der Waals surface area contributed by atoms with Crippen molar-refractivity contribution in [1.29, 1.82) is 0 Å². The van der Waals surface area contributed by atoms with E-state index in [1.54, 1.807) is 0 Å². The number of hydrogen-bond donors (Lipinski definition) is 1. The van der Waals surface area contributed by atoms with Gasteiger partial charge in [-0.05, 0) is 24.7 Å². The van der Waals surface area contributed by atoms with Crippen molar-refractivity contribution in [1.82, 2.24) is 0 Å². The standard InChI is InChI=1S/C11H24O4S/c1-10(2)6-4-7-11(3)8-5-9-15-16(12,13)14/h10-11H,4-9H2,1-3H3,(H,12,13,14)/t11-/m1/s1. The highest BCUT2D eigenvalue weighted by molar-refractivity contribution is 7.80. The second-order valence-electron chi connectivity index (χ2n) is 4.82. The minimum Gasteiger partial charge on any atom is -0.264 e. The van der Waals surface area contributed by atoms with E-state index in [9.17, 15) is 8.42 Å². The third-order valence-electron chi connectivity index (χ3n) is 2.55. The molecule has 0 bridgehead atoms. The van der Waals surface area contributed by atoms with Gasteiger partial charge in [-0.25, -0.2) is 4.18 Å². The van der Waals surface area contributed by atoms with Crippen LogP contribution < -0.4 is 0 Å². The van der Waals surface area contributed by atoms with Crippen LogP contribution in [0.3, 0.4) is 0 Å². The summed E-state index contributed by atoms with van der Waals surface area (Å²) < 4.78 is 33.1. The molecule has 0 radical (unpaired) electrons. The highest BCUT2D eigenvalue weighted by Gasteiger charge is 2.06. The maximum absolute atomic E-state index is 10.3. The Labute approximate surface area is 99.3 Å². The number of hydrogen-bond acceptors (Lipinski definition) is 3. The molecule has 98 valence electrons. The Balaban J connectivity index is 3.40. The van der Waals surface area contributed by atoms with E-state index in [1.807, 2.05) is 0 Å². The fourth-order valence-corrected chi connectivity index (χ4v) is 1.94. The van der Waals surface area contributed by atoms with Gasteiger partial charge in [0.05, 0.1) is 6.61 Å². The van der Waals surface area contributed by atoms with Crippen molar-refractivity contribution < 1.29 is 17.2 Å². The predicted molar refractivity (Wildman–Crippen MR) is 64.6 cm³/mol. The Morgan fingerprint density at radius 1 is 1.06 bits per heavy atom. The summed E-state index contributed by atoms with van der Waals surface area (Å²) in [5.41, 5.74) is 0. The molecule has 0 amide bonds. The molecule has 0 spiro atoms. The topological polar surface area (TPSA) is 63.6 Å². The molecule has 5 heteroatoms. The lowest BCUT2D eigenvalue weighted by atomic mass is 9.96. The van der Waals surface area contributed by atoms with Crippen molar-refractivity contribution in [3.8, 4) is 0 Å². The zero-order valence-electron chi connectivity index (χ0n) is 10.5. The summed E-state index contributed by atoms with van der Waals surface area (Å²) in [6, 6.07) is 0. The summed E-state index contributed by atoms with van der Waals surface area (Å²) in [5.74, 6) is 1.33. The van der Waals surface area contributed by atoms with Crippen LogP contribution in [0.2, 0.25) is 0 Å². The summed E-state index contributed by atoms with van der Waals surface area (Å²) in [6.45, 7) is 6.66. The molecule has 0 unspecified atom stereocenters. The first-order valence-corrected chi connectivity index (χ1v) is 7.29. The van der Waals surface area contributed by atoms with Crippen LogP contribution in [0.5, 0.6) is 0 Å². The molecule has 0 aromatic rings. The zero-order chi connectivity index (χ0) is 12.6. The van der Waals surface area contributed by atoms with Gasteiger partial charge in [0.1, 0.15) is 0 Å². The molecular formula is C11H24O4S. The van der Waals surface area contributed by atoms with Crippen LogP contribution in [0.25, 0.3) is 0 Å². The molecule has 0 fully saturated rings. The molecule has 0 rings (SSSR count). The molecule has 0 aliphatic heterocycles. The minimum absolute atomic E-state index is 0.0767. The third kappa shape index (κ3) is 11.9. The molecule has 0 saturated heterocycles. The van der Waals surface area contributed by atoms with Gasteiger partial charge in [-0.15, -0.1) is 0 Å². The molecule has 16 heavy (non-hydrogen) atoms. The first-order chi connectivity index (χ1) is 7.31. The minimum atomic E-state index is -4.25. The van der Waals surface area contributed by atoms with Crippen molar-refractivity contribution in [2.24, 2.45) is 11.8 Å². The van der Waals surface area contributed by atoms with E-state index < -0.39 is 10.4 Å². The fourth-order valence-electron chi connectivity index (χ4n) is 1.61. The first kappa shape index (κ1) is 15.9. The Kier molecular flexibility index (Phi) is 7.97. The van der Waals surface area contributed by atoms with Gasteiger partial charge >= 0.3 is 10.4 Å². The molecule has 0 aliphatic carbocycles. The number of rotatable bonds is 9. The van der Waals surface area contributed by atoms with Gasteiger partial charge in [-0.1, -0.05) is 40.0 Å². The largest absolute Gasteiger partial charge is 0.397 e. The van der Waals surface area contributed by atoms with Crippen LogP contribution in [-0.4, -0.2) is 19.6 Å². The van der Waals surface area contributed by atoms with Crippen LogP contribution in [0.4, 0.5) is 0 Å². The van der Waals surface area contributed by atoms with Gasteiger partial charge < -0.3 is 0 Å². The van der Waals surface area contributed by atoms with E-state index in [0.717, 1.165) is 12.3 Å². The lowest BCUT2D eigenvalue weighted by Crippen LogP contribution is -2.06. The van der Waals surface area contributed by atoms with E-state index >= 15 is 0 Å². The molecular weight excluding hydrogens is 228 g/mol. The van der Waals surface area contributed by atoms with Crippen LogP contribution in [0.15, 0.2) is 0 Å². The smallest absolute Gasteiger partial charge is 0.264 e. The fraction of sp³-hybridized carbons (Fsp3) is 1.00. The van der Waals surface area contributed by atoms with E-state index in [0.29, 0.717) is 12.3 Å². The predicted octanol–water partition coefficient (Wildman–Crippen LogP) is 3.05. The zero-order valence-corrected chi connectivity index (χ0v) is 11.3.